The molecule has 2 N–H and O–H groups in total. The SMILES string of the molecule is CCOC(=O)N1CCC(NC(=O)Nc2cccc(COCCOC)c2)CC1. The van der Waals surface area contributed by atoms with Crippen molar-refractivity contribution in [2.24, 2.45) is 0 Å². The van der Waals surface area contributed by atoms with Crippen LogP contribution >= 0.6 is 0 Å². The zero-order valence-corrected chi connectivity index (χ0v) is 16.0. The maximum Gasteiger partial charge on any atom is 0.409 e. The van der Waals surface area contributed by atoms with E-state index in [1.165, 1.54) is 0 Å². The van der Waals surface area contributed by atoms with Crippen LogP contribution in [0.4, 0.5) is 15.3 Å². The lowest BCUT2D eigenvalue weighted by molar-refractivity contribution is 0.0617. The van der Waals surface area contributed by atoms with E-state index < -0.39 is 0 Å². The van der Waals surface area contributed by atoms with E-state index in [4.69, 9.17) is 14.2 Å². The van der Waals surface area contributed by atoms with Gasteiger partial charge in [0.2, 0.25) is 0 Å². The van der Waals surface area contributed by atoms with Crippen molar-refractivity contribution in [3.63, 3.8) is 0 Å². The zero-order valence-electron chi connectivity index (χ0n) is 16.0. The molecular weight excluding hydrogens is 350 g/mol. The van der Waals surface area contributed by atoms with Crippen LogP contribution in [0.25, 0.3) is 0 Å². The molecule has 1 aliphatic heterocycles. The third-order valence-electron chi connectivity index (χ3n) is 4.24. The van der Waals surface area contributed by atoms with E-state index in [-0.39, 0.29) is 18.2 Å². The number of amides is 3. The third kappa shape index (κ3) is 7.44. The van der Waals surface area contributed by atoms with Crippen LogP contribution in [0.5, 0.6) is 0 Å². The minimum absolute atomic E-state index is 0.0382. The lowest BCUT2D eigenvalue weighted by Gasteiger charge is -2.31. The number of methoxy groups -OCH3 is 1. The molecule has 1 fully saturated rings. The van der Waals surface area contributed by atoms with Gasteiger partial charge in [0.25, 0.3) is 0 Å². The highest BCUT2D eigenvalue weighted by atomic mass is 16.6. The fourth-order valence-corrected chi connectivity index (χ4v) is 2.84. The van der Waals surface area contributed by atoms with Crippen molar-refractivity contribution in [1.29, 1.82) is 0 Å². The Bertz CT molecular complexity index is 603. The van der Waals surface area contributed by atoms with Gasteiger partial charge in [0.15, 0.2) is 0 Å². The molecular formula is C19H29N3O5. The second kappa shape index (κ2) is 11.4. The van der Waals surface area contributed by atoms with E-state index in [2.05, 4.69) is 10.6 Å². The van der Waals surface area contributed by atoms with Crippen molar-refractivity contribution in [2.75, 3.05) is 45.3 Å². The maximum absolute atomic E-state index is 12.2. The summed E-state index contributed by atoms with van der Waals surface area (Å²) in [5.41, 5.74) is 1.69. The summed E-state index contributed by atoms with van der Waals surface area (Å²) in [5.74, 6) is 0. The van der Waals surface area contributed by atoms with E-state index in [0.29, 0.717) is 58.0 Å². The number of nitrogens with one attached hydrogen (secondary N) is 2. The number of benzene rings is 1. The van der Waals surface area contributed by atoms with E-state index in [1.54, 1.807) is 18.9 Å². The van der Waals surface area contributed by atoms with Crippen LogP contribution in [0, 0.1) is 0 Å². The smallest absolute Gasteiger partial charge is 0.409 e. The zero-order chi connectivity index (χ0) is 19.5. The fraction of sp³-hybridized carbons (Fsp3) is 0.579. The van der Waals surface area contributed by atoms with Crippen molar-refractivity contribution >= 4 is 17.8 Å². The molecule has 0 unspecified atom stereocenters. The number of carbonyl (C=O) groups excluding carboxylic acids is 2. The second-order valence-electron chi connectivity index (χ2n) is 6.30. The van der Waals surface area contributed by atoms with Crippen molar-refractivity contribution in [2.45, 2.75) is 32.4 Å². The van der Waals surface area contributed by atoms with E-state index in [0.717, 1.165) is 5.56 Å². The van der Waals surface area contributed by atoms with Gasteiger partial charge in [-0.15, -0.1) is 0 Å². The number of hydrogen-bond acceptors (Lipinski definition) is 5. The first-order chi connectivity index (χ1) is 13.1. The first kappa shape index (κ1) is 21.0. The molecule has 1 aliphatic rings. The standard InChI is InChI=1S/C19H29N3O5/c1-3-27-19(24)22-9-7-16(8-10-22)20-18(23)21-17-6-4-5-15(13-17)14-26-12-11-25-2/h4-6,13,16H,3,7-12,14H2,1-2H3,(H2,20,21,23). The highest BCUT2D eigenvalue weighted by Crippen LogP contribution is 2.14. The fourth-order valence-electron chi connectivity index (χ4n) is 2.84. The molecule has 2 rings (SSSR count). The predicted octanol–water partition coefficient (Wildman–Crippen LogP) is 2.59. The third-order valence-corrected chi connectivity index (χ3v) is 4.24. The number of hydrogen-bond donors (Lipinski definition) is 2. The van der Waals surface area contributed by atoms with Gasteiger partial charge in [-0.25, -0.2) is 9.59 Å². The Kier molecular flexibility index (Phi) is 8.86. The largest absolute Gasteiger partial charge is 0.450 e. The van der Waals surface area contributed by atoms with Gasteiger partial charge in [-0.2, -0.15) is 0 Å². The summed E-state index contributed by atoms with van der Waals surface area (Å²) < 4.78 is 15.4. The van der Waals surface area contributed by atoms with E-state index in [9.17, 15) is 9.59 Å². The number of carbonyl (C=O) groups is 2. The maximum atomic E-state index is 12.2. The monoisotopic (exact) mass is 379 g/mol. The van der Waals surface area contributed by atoms with Gasteiger partial charge in [0, 0.05) is 31.9 Å². The minimum atomic E-state index is -0.287. The van der Waals surface area contributed by atoms with Crippen molar-refractivity contribution in [3.05, 3.63) is 29.8 Å². The first-order valence-corrected chi connectivity index (χ1v) is 9.27. The topological polar surface area (TPSA) is 89.1 Å². The Hall–Kier alpha value is -2.32. The van der Waals surface area contributed by atoms with Crippen LogP contribution in [0.15, 0.2) is 24.3 Å². The second-order valence-corrected chi connectivity index (χ2v) is 6.30. The number of likely N-dealkylation sites (tertiary alicyclic amines) is 1. The Morgan fingerprint density at radius 1 is 1.22 bits per heavy atom. The highest BCUT2D eigenvalue weighted by Gasteiger charge is 2.24. The number of urea groups is 1. The molecule has 8 nitrogen and oxygen atoms in total. The molecule has 1 saturated heterocycles. The quantitative estimate of drug-likeness (QED) is 0.678. The molecule has 1 aromatic carbocycles. The summed E-state index contributed by atoms with van der Waals surface area (Å²) >= 11 is 0. The first-order valence-electron chi connectivity index (χ1n) is 9.27. The average molecular weight is 379 g/mol. The molecule has 8 heteroatoms. The van der Waals surface area contributed by atoms with Gasteiger partial charge in [0.05, 0.1) is 26.4 Å². The van der Waals surface area contributed by atoms with Gasteiger partial charge >= 0.3 is 12.1 Å². The van der Waals surface area contributed by atoms with Crippen LogP contribution in [0.1, 0.15) is 25.3 Å². The van der Waals surface area contributed by atoms with E-state index >= 15 is 0 Å². The van der Waals surface area contributed by atoms with E-state index in [1.807, 2.05) is 24.3 Å². The summed E-state index contributed by atoms with van der Waals surface area (Å²) in [6.07, 6.45) is 1.13. The van der Waals surface area contributed by atoms with Gasteiger partial charge in [-0.1, -0.05) is 12.1 Å². The minimum Gasteiger partial charge on any atom is -0.450 e. The highest BCUT2D eigenvalue weighted by molar-refractivity contribution is 5.89. The van der Waals surface area contributed by atoms with Crippen LogP contribution in [-0.2, 0) is 20.8 Å². The predicted molar refractivity (Wildman–Crippen MR) is 102 cm³/mol. The lowest BCUT2D eigenvalue weighted by atomic mass is 10.1. The summed E-state index contributed by atoms with van der Waals surface area (Å²) in [7, 11) is 1.63. The normalized spacial score (nSPS) is 14.7. The van der Waals surface area contributed by atoms with Crippen molar-refractivity contribution in [1.82, 2.24) is 10.2 Å². The summed E-state index contributed by atoms with van der Waals surface area (Å²) in [5, 5.41) is 5.81. The van der Waals surface area contributed by atoms with Crippen LogP contribution in [-0.4, -0.2) is 63.1 Å². The number of ether oxygens (including phenoxy) is 3. The number of piperidine rings is 1. The molecule has 0 bridgehead atoms. The van der Waals surface area contributed by atoms with Crippen LogP contribution < -0.4 is 10.6 Å². The number of anilines is 1. The summed E-state index contributed by atoms with van der Waals surface area (Å²) in [6.45, 7) is 4.87. The van der Waals surface area contributed by atoms with Gasteiger partial charge < -0.3 is 29.7 Å². The molecule has 0 spiro atoms. The van der Waals surface area contributed by atoms with Gasteiger partial charge in [0.1, 0.15) is 0 Å². The molecule has 1 aromatic rings. The van der Waals surface area contributed by atoms with Crippen LogP contribution in [0.3, 0.4) is 0 Å². The van der Waals surface area contributed by atoms with Crippen LogP contribution in [0.2, 0.25) is 0 Å². The molecule has 0 atom stereocenters. The summed E-state index contributed by atoms with van der Waals surface area (Å²) in [6, 6.07) is 7.33. The Labute approximate surface area is 160 Å². The van der Waals surface area contributed by atoms with Crippen molar-refractivity contribution < 1.29 is 23.8 Å². The Morgan fingerprint density at radius 2 is 2.00 bits per heavy atom. The number of nitrogens with zero attached hydrogens (tertiary/aromatic N) is 1. The molecule has 1 heterocycles. The molecule has 150 valence electrons. The average Bonchev–Trinajstić information content (AvgIpc) is 2.66. The molecule has 3 amide bonds. The number of rotatable bonds is 8. The Morgan fingerprint density at radius 3 is 2.70 bits per heavy atom. The molecule has 0 aliphatic carbocycles. The van der Waals surface area contributed by atoms with Gasteiger partial charge in [-0.3, -0.25) is 0 Å². The Balaban J connectivity index is 1.73. The molecule has 0 aromatic heterocycles. The summed E-state index contributed by atoms with van der Waals surface area (Å²) in [4.78, 5) is 25.6. The van der Waals surface area contributed by atoms with Crippen molar-refractivity contribution in [3.8, 4) is 0 Å². The van der Waals surface area contributed by atoms with Gasteiger partial charge in [-0.05, 0) is 37.5 Å². The lowest BCUT2D eigenvalue weighted by Crippen LogP contribution is -2.47. The molecule has 0 radical (unpaired) electrons. The molecule has 27 heavy (non-hydrogen) atoms. The molecule has 0 saturated carbocycles.